The van der Waals surface area contributed by atoms with E-state index in [0.29, 0.717) is 0 Å². The molecule has 1 aromatic carbocycles. The van der Waals surface area contributed by atoms with Crippen LogP contribution in [0.5, 0.6) is 0 Å². The van der Waals surface area contributed by atoms with E-state index in [4.69, 9.17) is 0 Å². The van der Waals surface area contributed by atoms with Gasteiger partial charge in [0.25, 0.3) is 10.2 Å². The number of carbonyl (C=O) groups is 1. The zero-order chi connectivity index (χ0) is 16.2. The molecule has 21 heavy (non-hydrogen) atoms. The lowest BCUT2D eigenvalue weighted by Crippen LogP contribution is -2.41. The number of amides is 1. The van der Waals surface area contributed by atoms with Gasteiger partial charge in [0.15, 0.2) is 0 Å². The lowest BCUT2D eigenvalue weighted by Gasteiger charge is -2.23. The first-order chi connectivity index (χ1) is 9.65. The first-order valence-electron chi connectivity index (χ1n) is 6.67. The standard InChI is InChI=1S/C14H23N3O3S/c1-11-6-7-14(10-12(11)2)17(13(3)18)9-8-15-21(19,20)16(4)5/h6-7,10,15H,8-9H2,1-5H3. The Morgan fingerprint density at radius 2 is 1.81 bits per heavy atom. The first kappa shape index (κ1) is 17.6. The number of benzene rings is 1. The van der Waals surface area contributed by atoms with Crippen molar-refractivity contribution in [3.63, 3.8) is 0 Å². The Balaban J connectivity index is 2.80. The van der Waals surface area contributed by atoms with Crippen LogP contribution in [-0.2, 0) is 15.0 Å². The van der Waals surface area contributed by atoms with E-state index in [1.807, 2.05) is 32.0 Å². The molecule has 6 nitrogen and oxygen atoms in total. The fourth-order valence-electron chi connectivity index (χ4n) is 1.78. The molecule has 0 saturated carbocycles. The summed E-state index contributed by atoms with van der Waals surface area (Å²) in [5.74, 6) is -0.123. The summed E-state index contributed by atoms with van der Waals surface area (Å²) in [7, 11) is -0.566. The van der Waals surface area contributed by atoms with Gasteiger partial charge in [-0.3, -0.25) is 4.79 Å². The number of nitrogens with one attached hydrogen (secondary N) is 1. The second kappa shape index (κ2) is 7.02. The predicted molar refractivity (Wildman–Crippen MR) is 84.6 cm³/mol. The molecule has 0 bridgehead atoms. The van der Waals surface area contributed by atoms with Crippen LogP contribution in [0.25, 0.3) is 0 Å². The quantitative estimate of drug-likeness (QED) is 0.853. The largest absolute Gasteiger partial charge is 0.311 e. The molecule has 1 amide bonds. The van der Waals surface area contributed by atoms with Crippen LogP contribution in [0, 0.1) is 13.8 Å². The van der Waals surface area contributed by atoms with Gasteiger partial charge in [0.2, 0.25) is 5.91 Å². The molecule has 0 fully saturated rings. The number of carbonyl (C=O) groups excluding carboxylic acids is 1. The molecule has 1 aromatic rings. The van der Waals surface area contributed by atoms with Crippen molar-refractivity contribution in [2.45, 2.75) is 20.8 Å². The topological polar surface area (TPSA) is 69.7 Å². The molecule has 1 rings (SSSR count). The molecule has 0 unspecified atom stereocenters. The van der Waals surface area contributed by atoms with Crippen molar-refractivity contribution in [1.29, 1.82) is 0 Å². The molecular weight excluding hydrogens is 290 g/mol. The molecule has 118 valence electrons. The third-order valence-corrected chi connectivity index (χ3v) is 4.81. The van der Waals surface area contributed by atoms with Crippen LogP contribution in [0.2, 0.25) is 0 Å². The Kier molecular flexibility index (Phi) is 5.88. The van der Waals surface area contributed by atoms with E-state index in [1.54, 1.807) is 4.90 Å². The van der Waals surface area contributed by atoms with Gasteiger partial charge in [-0.15, -0.1) is 0 Å². The van der Waals surface area contributed by atoms with Crippen molar-refractivity contribution >= 4 is 21.8 Å². The van der Waals surface area contributed by atoms with E-state index in [2.05, 4.69) is 4.72 Å². The maximum Gasteiger partial charge on any atom is 0.278 e. The van der Waals surface area contributed by atoms with Crippen LogP contribution >= 0.6 is 0 Å². The average molecular weight is 313 g/mol. The third-order valence-electron chi connectivity index (χ3n) is 3.28. The van der Waals surface area contributed by atoms with Gasteiger partial charge in [-0.05, 0) is 37.1 Å². The minimum atomic E-state index is -3.47. The summed E-state index contributed by atoms with van der Waals surface area (Å²) in [4.78, 5) is 13.3. The first-order valence-corrected chi connectivity index (χ1v) is 8.11. The van der Waals surface area contributed by atoms with Crippen molar-refractivity contribution in [3.8, 4) is 0 Å². The molecule has 0 aliphatic rings. The summed E-state index contributed by atoms with van der Waals surface area (Å²) in [5.41, 5.74) is 3.01. The highest BCUT2D eigenvalue weighted by Gasteiger charge is 2.15. The summed E-state index contributed by atoms with van der Waals surface area (Å²) < 4.78 is 26.8. The summed E-state index contributed by atoms with van der Waals surface area (Å²) >= 11 is 0. The van der Waals surface area contributed by atoms with E-state index in [0.717, 1.165) is 21.1 Å². The molecule has 0 radical (unpaired) electrons. The van der Waals surface area contributed by atoms with Crippen molar-refractivity contribution in [3.05, 3.63) is 29.3 Å². The monoisotopic (exact) mass is 313 g/mol. The SMILES string of the molecule is CC(=O)N(CCNS(=O)(=O)N(C)C)c1ccc(C)c(C)c1. The van der Waals surface area contributed by atoms with E-state index in [9.17, 15) is 13.2 Å². The lowest BCUT2D eigenvalue weighted by atomic mass is 10.1. The third kappa shape index (κ3) is 4.80. The Morgan fingerprint density at radius 1 is 1.19 bits per heavy atom. The van der Waals surface area contributed by atoms with Crippen molar-refractivity contribution < 1.29 is 13.2 Å². The van der Waals surface area contributed by atoms with Gasteiger partial charge in [0, 0.05) is 39.8 Å². The van der Waals surface area contributed by atoms with Crippen LogP contribution in [-0.4, -0.2) is 45.8 Å². The fourth-order valence-corrected chi connectivity index (χ4v) is 2.38. The Labute approximate surface area is 126 Å². The summed E-state index contributed by atoms with van der Waals surface area (Å²) in [5, 5.41) is 0. The number of rotatable bonds is 6. The number of hydrogen-bond donors (Lipinski definition) is 1. The molecule has 0 aromatic heterocycles. The van der Waals surface area contributed by atoms with E-state index >= 15 is 0 Å². The van der Waals surface area contributed by atoms with Gasteiger partial charge < -0.3 is 4.90 Å². The fraction of sp³-hybridized carbons (Fsp3) is 0.500. The molecule has 0 aliphatic carbocycles. The van der Waals surface area contributed by atoms with Crippen LogP contribution < -0.4 is 9.62 Å². The Bertz CT molecular complexity index is 612. The smallest absolute Gasteiger partial charge is 0.278 e. The molecule has 1 N–H and O–H groups in total. The molecule has 0 spiro atoms. The molecule has 0 aliphatic heterocycles. The van der Waals surface area contributed by atoms with E-state index in [1.165, 1.54) is 21.0 Å². The maximum atomic E-state index is 11.8. The normalized spacial score (nSPS) is 11.7. The van der Waals surface area contributed by atoms with Gasteiger partial charge in [-0.2, -0.15) is 12.7 Å². The van der Waals surface area contributed by atoms with Gasteiger partial charge in [-0.25, -0.2) is 4.72 Å². The van der Waals surface area contributed by atoms with Crippen molar-refractivity contribution in [1.82, 2.24) is 9.03 Å². The highest BCUT2D eigenvalue weighted by Crippen LogP contribution is 2.18. The second-order valence-corrected chi connectivity index (χ2v) is 7.09. The van der Waals surface area contributed by atoms with Gasteiger partial charge in [-0.1, -0.05) is 6.07 Å². The molecule has 7 heteroatoms. The van der Waals surface area contributed by atoms with Crippen LogP contribution in [0.3, 0.4) is 0 Å². The van der Waals surface area contributed by atoms with Crippen LogP contribution in [0.15, 0.2) is 18.2 Å². The average Bonchev–Trinajstić information content (AvgIpc) is 2.37. The highest BCUT2D eigenvalue weighted by atomic mass is 32.2. The van der Waals surface area contributed by atoms with Crippen molar-refractivity contribution in [2.24, 2.45) is 0 Å². The Morgan fingerprint density at radius 3 is 2.29 bits per heavy atom. The van der Waals surface area contributed by atoms with Crippen molar-refractivity contribution in [2.75, 3.05) is 32.1 Å². The summed E-state index contributed by atoms with van der Waals surface area (Å²) in [6.07, 6.45) is 0. The van der Waals surface area contributed by atoms with E-state index < -0.39 is 10.2 Å². The molecule has 0 saturated heterocycles. The lowest BCUT2D eigenvalue weighted by molar-refractivity contribution is -0.116. The molecule has 0 heterocycles. The predicted octanol–water partition coefficient (Wildman–Crippen LogP) is 1.05. The second-order valence-electron chi connectivity index (χ2n) is 5.12. The van der Waals surface area contributed by atoms with Crippen LogP contribution in [0.4, 0.5) is 5.69 Å². The minimum Gasteiger partial charge on any atom is -0.311 e. The number of aryl methyl sites for hydroxylation is 2. The maximum absolute atomic E-state index is 11.8. The molecular formula is C14H23N3O3S. The summed E-state index contributed by atoms with van der Waals surface area (Å²) in [6, 6.07) is 5.74. The van der Waals surface area contributed by atoms with Gasteiger partial charge in [0.05, 0.1) is 0 Å². The van der Waals surface area contributed by atoms with E-state index in [-0.39, 0.29) is 19.0 Å². The minimum absolute atomic E-state index is 0.123. The zero-order valence-electron chi connectivity index (χ0n) is 13.2. The number of hydrogen-bond acceptors (Lipinski definition) is 3. The summed E-state index contributed by atoms with van der Waals surface area (Å²) in [6.45, 7) is 5.89. The number of nitrogens with zero attached hydrogens (tertiary/aromatic N) is 2. The van der Waals surface area contributed by atoms with Gasteiger partial charge in [0.1, 0.15) is 0 Å². The number of anilines is 1. The molecule has 0 atom stereocenters. The zero-order valence-corrected chi connectivity index (χ0v) is 14.0. The van der Waals surface area contributed by atoms with Crippen LogP contribution in [0.1, 0.15) is 18.1 Å². The van der Waals surface area contributed by atoms with Gasteiger partial charge >= 0.3 is 0 Å². The highest BCUT2D eigenvalue weighted by molar-refractivity contribution is 7.87. The Hall–Kier alpha value is -1.44.